The molecule has 2 aromatic carbocycles. The second-order valence-corrected chi connectivity index (χ2v) is 5.68. The fourth-order valence-electron chi connectivity index (χ4n) is 2.31. The van der Waals surface area contributed by atoms with Crippen LogP contribution in [-0.4, -0.2) is 32.1 Å². The van der Waals surface area contributed by atoms with E-state index >= 15 is 0 Å². The van der Waals surface area contributed by atoms with E-state index < -0.39 is 0 Å². The Hall–Kier alpha value is -1.76. The Bertz CT molecular complexity index is 601. The molecule has 0 saturated carbocycles. The Labute approximate surface area is 162 Å². The van der Waals surface area contributed by atoms with Gasteiger partial charge in [-0.15, -0.1) is 24.0 Å². The van der Waals surface area contributed by atoms with Crippen LogP contribution in [0.4, 0.5) is 5.69 Å². The molecule has 130 valence electrons. The molecular weight excluding hydrogens is 411 g/mol. The molecule has 0 saturated heterocycles. The van der Waals surface area contributed by atoms with Crippen molar-refractivity contribution in [1.82, 2.24) is 5.32 Å². The molecule has 2 rings (SSSR count). The molecule has 0 spiro atoms. The molecule has 0 amide bonds. The summed E-state index contributed by atoms with van der Waals surface area (Å²) in [5.41, 5.74) is 8.43. The van der Waals surface area contributed by atoms with Crippen LogP contribution in [0.25, 0.3) is 0 Å². The molecule has 5 heteroatoms. The summed E-state index contributed by atoms with van der Waals surface area (Å²) in [5.74, 6) is 0.509. The Morgan fingerprint density at radius 2 is 1.67 bits per heavy atom. The van der Waals surface area contributed by atoms with E-state index in [0.29, 0.717) is 12.5 Å². The second kappa shape index (κ2) is 10.9. The number of para-hydroxylation sites is 1. The number of hydrogen-bond acceptors (Lipinski definition) is 2. The van der Waals surface area contributed by atoms with E-state index in [1.807, 2.05) is 36.4 Å². The van der Waals surface area contributed by atoms with Crippen molar-refractivity contribution in [3.63, 3.8) is 0 Å². The van der Waals surface area contributed by atoms with Gasteiger partial charge in [0.1, 0.15) is 0 Å². The van der Waals surface area contributed by atoms with Crippen molar-refractivity contribution in [3.05, 3.63) is 66.2 Å². The SMILES string of the molecule is CC(CN=C(N)NCCc1ccccc1)N(C)c1ccccc1.I. The second-order valence-electron chi connectivity index (χ2n) is 5.68. The summed E-state index contributed by atoms with van der Waals surface area (Å²) < 4.78 is 0. The highest BCUT2D eigenvalue weighted by Gasteiger charge is 2.08. The molecular formula is C19H27IN4. The van der Waals surface area contributed by atoms with Gasteiger partial charge in [0.15, 0.2) is 5.96 Å². The molecule has 0 aliphatic rings. The average Bonchev–Trinajstić information content (AvgIpc) is 2.60. The lowest BCUT2D eigenvalue weighted by Gasteiger charge is -2.25. The Morgan fingerprint density at radius 1 is 1.08 bits per heavy atom. The van der Waals surface area contributed by atoms with Gasteiger partial charge in [0.2, 0.25) is 0 Å². The summed E-state index contributed by atoms with van der Waals surface area (Å²) in [4.78, 5) is 6.65. The number of nitrogens with one attached hydrogen (secondary N) is 1. The number of halogens is 1. The predicted octanol–water partition coefficient (Wildman–Crippen LogP) is 3.28. The van der Waals surface area contributed by atoms with Gasteiger partial charge < -0.3 is 16.0 Å². The van der Waals surface area contributed by atoms with Crippen molar-refractivity contribution in [3.8, 4) is 0 Å². The molecule has 0 bridgehead atoms. The third-order valence-electron chi connectivity index (χ3n) is 3.91. The molecule has 0 aliphatic carbocycles. The predicted molar refractivity (Wildman–Crippen MR) is 114 cm³/mol. The maximum absolute atomic E-state index is 5.95. The lowest BCUT2D eigenvalue weighted by Crippen LogP contribution is -2.36. The number of guanidine groups is 1. The molecule has 4 nitrogen and oxygen atoms in total. The standard InChI is InChI=1S/C19H26N4.HI/c1-16(23(2)18-11-7-4-8-12-18)15-22-19(20)21-14-13-17-9-5-3-6-10-17;/h3-12,16H,13-15H2,1-2H3,(H3,20,21,22);1H. The van der Waals surface area contributed by atoms with Gasteiger partial charge in [0, 0.05) is 25.3 Å². The van der Waals surface area contributed by atoms with Gasteiger partial charge in [-0.05, 0) is 31.0 Å². The fraction of sp³-hybridized carbons (Fsp3) is 0.316. The number of likely N-dealkylation sites (N-methyl/N-ethyl adjacent to an activating group) is 1. The molecule has 0 heterocycles. The van der Waals surface area contributed by atoms with E-state index in [9.17, 15) is 0 Å². The van der Waals surface area contributed by atoms with E-state index in [-0.39, 0.29) is 30.0 Å². The molecule has 3 N–H and O–H groups in total. The smallest absolute Gasteiger partial charge is 0.188 e. The van der Waals surface area contributed by atoms with Crippen molar-refractivity contribution in [2.24, 2.45) is 10.7 Å². The van der Waals surface area contributed by atoms with E-state index in [1.54, 1.807) is 0 Å². The highest BCUT2D eigenvalue weighted by Crippen LogP contribution is 2.13. The van der Waals surface area contributed by atoms with Gasteiger partial charge in [-0.3, -0.25) is 4.99 Å². The number of aliphatic imine (C=N–C) groups is 1. The Morgan fingerprint density at radius 3 is 2.29 bits per heavy atom. The first-order valence-electron chi connectivity index (χ1n) is 8.02. The monoisotopic (exact) mass is 438 g/mol. The first kappa shape index (κ1) is 20.3. The first-order chi connectivity index (χ1) is 11.2. The number of anilines is 1. The quantitative estimate of drug-likeness (QED) is 0.397. The molecule has 0 aromatic heterocycles. The van der Waals surface area contributed by atoms with Crippen molar-refractivity contribution in [2.75, 3.05) is 25.0 Å². The molecule has 1 atom stereocenters. The summed E-state index contributed by atoms with van der Waals surface area (Å²) in [6, 6.07) is 20.9. The highest BCUT2D eigenvalue weighted by atomic mass is 127. The first-order valence-corrected chi connectivity index (χ1v) is 8.02. The lowest BCUT2D eigenvalue weighted by atomic mass is 10.1. The largest absolute Gasteiger partial charge is 0.370 e. The minimum atomic E-state index is 0. The van der Waals surface area contributed by atoms with Gasteiger partial charge in [0.25, 0.3) is 0 Å². The fourth-order valence-corrected chi connectivity index (χ4v) is 2.31. The van der Waals surface area contributed by atoms with Crippen LogP contribution < -0.4 is 16.0 Å². The highest BCUT2D eigenvalue weighted by molar-refractivity contribution is 14.0. The molecule has 0 fully saturated rings. The third kappa shape index (κ3) is 6.78. The minimum absolute atomic E-state index is 0. The van der Waals surface area contributed by atoms with Crippen LogP contribution in [0.15, 0.2) is 65.7 Å². The van der Waals surface area contributed by atoms with Gasteiger partial charge in [-0.1, -0.05) is 48.5 Å². The van der Waals surface area contributed by atoms with Crippen molar-refractivity contribution >= 4 is 35.6 Å². The van der Waals surface area contributed by atoms with Crippen LogP contribution in [0.5, 0.6) is 0 Å². The zero-order valence-corrected chi connectivity index (χ0v) is 16.7. The van der Waals surface area contributed by atoms with Crippen LogP contribution in [-0.2, 0) is 6.42 Å². The maximum Gasteiger partial charge on any atom is 0.188 e. The Kier molecular flexibility index (Phi) is 9.22. The van der Waals surface area contributed by atoms with E-state index in [0.717, 1.165) is 13.0 Å². The Balaban J connectivity index is 0.00000288. The van der Waals surface area contributed by atoms with E-state index in [4.69, 9.17) is 5.73 Å². The van der Waals surface area contributed by atoms with Crippen molar-refractivity contribution in [2.45, 2.75) is 19.4 Å². The van der Waals surface area contributed by atoms with E-state index in [2.05, 4.69) is 53.4 Å². The normalized spacial score (nSPS) is 12.2. The van der Waals surface area contributed by atoms with Crippen molar-refractivity contribution in [1.29, 1.82) is 0 Å². The van der Waals surface area contributed by atoms with Crippen molar-refractivity contribution < 1.29 is 0 Å². The lowest BCUT2D eigenvalue weighted by molar-refractivity contribution is 0.692. The molecule has 2 aromatic rings. The maximum atomic E-state index is 5.95. The zero-order chi connectivity index (χ0) is 16.5. The molecule has 0 radical (unpaired) electrons. The van der Waals surface area contributed by atoms with Crippen LogP contribution in [0, 0.1) is 0 Å². The van der Waals surface area contributed by atoms with E-state index in [1.165, 1.54) is 11.3 Å². The van der Waals surface area contributed by atoms with Gasteiger partial charge in [-0.25, -0.2) is 0 Å². The summed E-state index contributed by atoms with van der Waals surface area (Å²) >= 11 is 0. The summed E-state index contributed by atoms with van der Waals surface area (Å²) in [7, 11) is 2.08. The zero-order valence-electron chi connectivity index (χ0n) is 14.4. The van der Waals surface area contributed by atoms with Crippen LogP contribution in [0.2, 0.25) is 0 Å². The van der Waals surface area contributed by atoms with Crippen LogP contribution >= 0.6 is 24.0 Å². The van der Waals surface area contributed by atoms with Crippen LogP contribution in [0.1, 0.15) is 12.5 Å². The molecule has 1 unspecified atom stereocenters. The number of rotatable bonds is 7. The summed E-state index contributed by atoms with van der Waals surface area (Å²) in [6.07, 6.45) is 0.941. The van der Waals surface area contributed by atoms with Crippen LogP contribution in [0.3, 0.4) is 0 Å². The number of nitrogens with two attached hydrogens (primary N) is 1. The van der Waals surface area contributed by atoms with Gasteiger partial charge in [-0.2, -0.15) is 0 Å². The van der Waals surface area contributed by atoms with Gasteiger partial charge >= 0.3 is 0 Å². The minimum Gasteiger partial charge on any atom is -0.370 e. The average molecular weight is 438 g/mol. The third-order valence-corrected chi connectivity index (χ3v) is 3.91. The van der Waals surface area contributed by atoms with Gasteiger partial charge in [0.05, 0.1) is 6.54 Å². The topological polar surface area (TPSA) is 53.6 Å². The number of nitrogens with zero attached hydrogens (tertiary/aromatic N) is 2. The molecule has 0 aliphatic heterocycles. The summed E-state index contributed by atoms with van der Waals surface area (Å²) in [5, 5.41) is 3.17. The summed E-state index contributed by atoms with van der Waals surface area (Å²) in [6.45, 7) is 3.60. The number of hydrogen-bond donors (Lipinski definition) is 2. The number of benzene rings is 2. The molecule has 24 heavy (non-hydrogen) atoms.